The highest BCUT2D eigenvalue weighted by Crippen LogP contribution is 2.69. The lowest BCUT2D eigenvalue weighted by molar-refractivity contribution is -0.135. The number of hydrogen-bond acceptors (Lipinski definition) is 2. The molecule has 0 aromatic heterocycles. The van der Waals surface area contributed by atoms with Crippen molar-refractivity contribution in [2.75, 3.05) is 6.54 Å². The molecule has 4 heteroatoms. The Morgan fingerprint density at radius 3 is 2.55 bits per heavy atom. The van der Waals surface area contributed by atoms with Crippen LogP contribution in [0.3, 0.4) is 0 Å². The summed E-state index contributed by atoms with van der Waals surface area (Å²) in [6.07, 6.45) is 15.6. The molecule has 4 aliphatic rings. The maximum absolute atomic E-state index is 12.6. The van der Waals surface area contributed by atoms with Gasteiger partial charge in [0, 0.05) is 11.4 Å². The highest BCUT2D eigenvalue weighted by atomic mass is 32.2. The normalized spacial score (nSPS) is 38.6. The lowest BCUT2D eigenvalue weighted by Crippen LogP contribution is -2.55. The van der Waals surface area contributed by atoms with E-state index in [-0.39, 0.29) is 11.4 Å². The highest BCUT2D eigenvalue weighted by Gasteiger charge is 2.60. The van der Waals surface area contributed by atoms with Gasteiger partial charge in [-0.3, -0.25) is 4.72 Å². The molecule has 1 aromatic rings. The van der Waals surface area contributed by atoms with E-state index in [1.807, 2.05) is 0 Å². The fourth-order valence-corrected chi connectivity index (χ4v) is 10.7. The van der Waals surface area contributed by atoms with Crippen LogP contribution in [0.1, 0.15) is 118 Å². The van der Waals surface area contributed by atoms with Crippen LogP contribution in [-0.2, 0) is 5.41 Å². The van der Waals surface area contributed by atoms with Gasteiger partial charge in [0.05, 0.1) is 0 Å². The smallest absolute Gasteiger partial charge is 0.325 e. The van der Waals surface area contributed by atoms with E-state index in [1.165, 1.54) is 81.7 Å². The number of hydrogen-bond donors (Lipinski definition) is 2. The Kier molecular flexibility index (Phi) is 8.23. The summed E-state index contributed by atoms with van der Waals surface area (Å²) in [5.74, 6) is 5.50. The van der Waals surface area contributed by atoms with Crippen molar-refractivity contribution in [3.8, 4) is 0 Å². The van der Waals surface area contributed by atoms with E-state index in [1.54, 1.807) is 0 Å². The molecule has 0 heterocycles. The Balaban J connectivity index is 1.15. The topological polar surface area (TPSA) is 41.1 Å². The Hall–Kier alpha value is -1.16. The lowest BCUT2D eigenvalue weighted by Gasteiger charge is -2.62. The van der Waals surface area contributed by atoms with Crippen molar-refractivity contribution in [3.63, 3.8) is 0 Å². The van der Waals surface area contributed by atoms with Crippen LogP contribution in [-0.4, -0.2) is 12.6 Å². The van der Waals surface area contributed by atoms with Crippen LogP contribution >= 0.6 is 11.9 Å². The van der Waals surface area contributed by atoms with E-state index in [0.29, 0.717) is 10.8 Å². The molecule has 4 aliphatic carbocycles. The van der Waals surface area contributed by atoms with E-state index in [9.17, 15) is 4.79 Å². The first-order valence-electron chi connectivity index (χ1n) is 15.9. The molecule has 1 aromatic carbocycles. The molecule has 0 radical (unpaired) electrons. The molecular formula is C34H54N2OS. The van der Waals surface area contributed by atoms with E-state index in [2.05, 4.69) is 75.8 Å². The van der Waals surface area contributed by atoms with Crippen molar-refractivity contribution in [1.82, 2.24) is 10.0 Å². The lowest BCUT2D eigenvalue weighted by atomic mass is 9.42. The van der Waals surface area contributed by atoms with Crippen LogP contribution in [0.15, 0.2) is 29.2 Å². The van der Waals surface area contributed by atoms with Gasteiger partial charge in [0.2, 0.25) is 0 Å². The second kappa shape index (κ2) is 11.0. The maximum atomic E-state index is 12.6. The molecule has 2 N–H and O–H groups in total. The first kappa shape index (κ1) is 28.4. The maximum Gasteiger partial charge on any atom is 0.325 e. The van der Waals surface area contributed by atoms with Crippen LogP contribution in [0, 0.1) is 46.3 Å². The second-order valence-electron chi connectivity index (χ2n) is 15.0. The van der Waals surface area contributed by atoms with Crippen molar-refractivity contribution in [2.24, 2.45) is 46.3 Å². The van der Waals surface area contributed by atoms with Gasteiger partial charge in [-0.15, -0.1) is 0 Å². The minimum Gasteiger partial charge on any atom is -0.337 e. The summed E-state index contributed by atoms with van der Waals surface area (Å²) in [6, 6.07) is 8.44. The summed E-state index contributed by atoms with van der Waals surface area (Å²) < 4.78 is 3.01. The monoisotopic (exact) mass is 538 g/mol. The zero-order valence-corrected chi connectivity index (χ0v) is 25.9. The fraction of sp³-hybridized carbons (Fsp3) is 0.794. The number of carbonyl (C=O) groups is 1. The van der Waals surface area contributed by atoms with E-state index >= 15 is 0 Å². The zero-order chi connectivity index (χ0) is 27.1. The number of benzene rings is 1. The van der Waals surface area contributed by atoms with Crippen molar-refractivity contribution >= 4 is 18.0 Å². The minimum atomic E-state index is -0.0612. The zero-order valence-electron chi connectivity index (χ0n) is 25.1. The van der Waals surface area contributed by atoms with Crippen molar-refractivity contribution in [3.05, 3.63) is 29.8 Å². The predicted molar refractivity (Wildman–Crippen MR) is 161 cm³/mol. The number of nitrogens with one attached hydrogen (secondary N) is 2. The molecule has 3 nitrogen and oxygen atoms in total. The third-order valence-electron chi connectivity index (χ3n) is 12.2. The van der Waals surface area contributed by atoms with Crippen molar-refractivity contribution in [1.29, 1.82) is 0 Å². The molecular weight excluding hydrogens is 484 g/mol. The van der Waals surface area contributed by atoms with Gasteiger partial charge in [-0.25, -0.2) is 4.79 Å². The molecule has 8 atom stereocenters. The van der Waals surface area contributed by atoms with E-state index in [4.69, 9.17) is 0 Å². The molecule has 4 fully saturated rings. The van der Waals surface area contributed by atoms with Crippen molar-refractivity contribution < 1.29 is 4.79 Å². The molecule has 0 bridgehead atoms. The van der Waals surface area contributed by atoms with E-state index in [0.717, 1.165) is 53.4 Å². The van der Waals surface area contributed by atoms with Gasteiger partial charge in [-0.05, 0) is 133 Å². The predicted octanol–water partition coefficient (Wildman–Crippen LogP) is 9.37. The van der Waals surface area contributed by atoms with Gasteiger partial charge in [0.25, 0.3) is 0 Å². The average Bonchev–Trinajstić information content (AvgIpc) is 3.22. The first-order chi connectivity index (χ1) is 18.1. The number of amides is 2. The second-order valence-corrected chi connectivity index (χ2v) is 15.9. The summed E-state index contributed by atoms with van der Waals surface area (Å²) in [6.45, 7) is 15.3. The van der Waals surface area contributed by atoms with Gasteiger partial charge in [0.1, 0.15) is 0 Å². The summed E-state index contributed by atoms with van der Waals surface area (Å²) in [5, 5.41) is 3.18. The molecule has 212 valence electrons. The first-order valence-corrected chi connectivity index (χ1v) is 16.7. The Labute approximate surface area is 237 Å². The molecule has 4 saturated carbocycles. The van der Waals surface area contributed by atoms with Crippen LogP contribution in [0.25, 0.3) is 0 Å². The largest absolute Gasteiger partial charge is 0.337 e. The van der Waals surface area contributed by atoms with E-state index < -0.39 is 0 Å². The summed E-state index contributed by atoms with van der Waals surface area (Å²) in [5.41, 5.74) is 2.47. The number of fused-ring (bicyclic) bond motifs is 5. The Bertz CT molecular complexity index is 987. The molecule has 0 spiro atoms. The third-order valence-corrected chi connectivity index (χ3v) is 13.0. The quantitative estimate of drug-likeness (QED) is 0.354. The van der Waals surface area contributed by atoms with Crippen LogP contribution in [0.2, 0.25) is 0 Å². The minimum absolute atomic E-state index is 0.0612. The third kappa shape index (κ3) is 5.29. The number of urea groups is 1. The standard InChI is InChI=1S/C34H54N2OS/c1-7-23-21-27-29-15-14-24(33(29,5)19-16-30(27)34(6)18-9-8-13-28(23)34)17-20-35-31(37)36-38-26-12-10-11-25(22-26)32(2,3)4/h10-12,22-24,27-30H,7-9,13-21H2,1-6H3,(H2,35,36,37)/t23-,24?,27?,28?,29?,30-,33?,34?/m0/s1. The van der Waals surface area contributed by atoms with Gasteiger partial charge in [0.15, 0.2) is 0 Å². The highest BCUT2D eigenvalue weighted by molar-refractivity contribution is 7.98. The summed E-state index contributed by atoms with van der Waals surface area (Å²) in [7, 11) is 0. The molecule has 5 rings (SSSR count). The van der Waals surface area contributed by atoms with Gasteiger partial charge >= 0.3 is 6.03 Å². The van der Waals surface area contributed by atoms with Gasteiger partial charge in [-0.1, -0.05) is 72.9 Å². The van der Waals surface area contributed by atoms with Crippen LogP contribution < -0.4 is 10.0 Å². The van der Waals surface area contributed by atoms with Crippen LogP contribution in [0.5, 0.6) is 0 Å². The summed E-state index contributed by atoms with van der Waals surface area (Å²) >= 11 is 1.42. The van der Waals surface area contributed by atoms with Crippen molar-refractivity contribution in [2.45, 2.75) is 122 Å². The number of carbonyl (C=O) groups excluding carboxylic acids is 1. The molecule has 0 aliphatic heterocycles. The summed E-state index contributed by atoms with van der Waals surface area (Å²) in [4.78, 5) is 13.7. The molecule has 38 heavy (non-hydrogen) atoms. The SMILES string of the molecule is CC[C@H]1CC2C3CCC(CCNC(=O)NSc4cccc(C(C)(C)C)c4)C3(C)CC[C@@H]2C2(C)CCCCC12. The molecule has 0 saturated heterocycles. The molecule has 2 amide bonds. The van der Waals surface area contributed by atoms with Crippen LogP contribution in [0.4, 0.5) is 4.79 Å². The van der Waals surface area contributed by atoms with Gasteiger partial charge < -0.3 is 5.32 Å². The fourth-order valence-electron chi connectivity index (χ4n) is 10.1. The van der Waals surface area contributed by atoms with Gasteiger partial charge in [-0.2, -0.15) is 0 Å². The average molecular weight is 539 g/mol. The molecule has 6 unspecified atom stereocenters. The number of rotatable bonds is 6. The Morgan fingerprint density at radius 2 is 1.79 bits per heavy atom. The Morgan fingerprint density at radius 1 is 1.00 bits per heavy atom.